The second-order valence-corrected chi connectivity index (χ2v) is 5.54. The van der Waals surface area contributed by atoms with Crippen LogP contribution in [-0.2, 0) is 4.79 Å². The van der Waals surface area contributed by atoms with E-state index in [9.17, 15) is 9.59 Å². The smallest absolute Gasteiger partial charge is 0.260 e. The fourth-order valence-electron chi connectivity index (χ4n) is 1.53. The van der Waals surface area contributed by atoms with Gasteiger partial charge >= 0.3 is 0 Å². The predicted molar refractivity (Wildman–Crippen MR) is 77.5 cm³/mol. The lowest BCUT2D eigenvalue weighted by Gasteiger charge is -2.18. The van der Waals surface area contributed by atoms with Gasteiger partial charge in [0.05, 0.1) is 5.56 Å². The van der Waals surface area contributed by atoms with Gasteiger partial charge in [0.25, 0.3) is 5.91 Å². The van der Waals surface area contributed by atoms with Crippen molar-refractivity contribution in [1.82, 2.24) is 5.32 Å². The van der Waals surface area contributed by atoms with Gasteiger partial charge in [-0.1, -0.05) is 15.9 Å². The number of benzene rings is 1. The van der Waals surface area contributed by atoms with E-state index < -0.39 is 6.10 Å². The van der Waals surface area contributed by atoms with Crippen LogP contribution in [0.15, 0.2) is 22.7 Å². The number of hydrogen-bond acceptors (Lipinski definition) is 3. The summed E-state index contributed by atoms with van der Waals surface area (Å²) in [7, 11) is 0. The highest BCUT2D eigenvalue weighted by Gasteiger charge is 2.18. The van der Waals surface area contributed by atoms with Crippen molar-refractivity contribution in [3.05, 3.63) is 28.2 Å². The van der Waals surface area contributed by atoms with E-state index in [1.807, 2.05) is 13.8 Å². The zero-order chi connectivity index (χ0) is 14.6. The van der Waals surface area contributed by atoms with Crippen molar-refractivity contribution >= 4 is 27.6 Å². The quantitative estimate of drug-likeness (QED) is 0.846. The first-order chi connectivity index (χ1) is 8.81. The molecule has 0 heterocycles. The molecule has 1 rings (SSSR count). The monoisotopic (exact) mass is 327 g/mol. The molecule has 104 valence electrons. The first-order valence-electron chi connectivity index (χ1n) is 6.08. The van der Waals surface area contributed by atoms with Crippen LogP contribution in [0, 0.1) is 0 Å². The van der Waals surface area contributed by atoms with Crippen molar-refractivity contribution in [2.75, 3.05) is 0 Å². The third kappa shape index (κ3) is 4.67. The Morgan fingerprint density at radius 2 is 1.89 bits per heavy atom. The van der Waals surface area contributed by atoms with Gasteiger partial charge in [-0.3, -0.25) is 9.59 Å². The maximum absolute atomic E-state index is 11.8. The molecule has 1 aromatic rings. The maximum atomic E-state index is 11.8. The van der Waals surface area contributed by atoms with E-state index in [-0.39, 0.29) is 17.7 Å². The van der Waals surface area contributed by atoms with Crippen LogP contribution in [0.1, 0.15) is 38.1 Å². The molecule has 0 aliphatic carbocycles. The van der Waals surface area contributed by atoms with Crippen molar-refractivity contribution in [2.24, 2.45) is 0 Å². The number of hydrogen-bond donors (Lipinski definition) is 1. The predicted octanol–water partition coefficient (Wildman–Crippen LogP) is 2.94. The number of ether oxygens (including phenoxy) is 1. The number of carbonyl (C=O) groups excluding carboxylic acids is 2. The van der Waals surface area contributed by atoms with Crippen molar-refractivity contribution in [3.63, 3.8) is 0 Å². The molecular formula is C14H18BrNO3. The van der Waals surface area contributed by atoms with Crippen molar-refractivity contribution in [1.29, 1.82) is 0 Å². The minimum atomic E-state index is -0.658. The number of Topliss-reactive ketones (excluding diaryl/α,β-unsaturated/α-hetero) is 1. The van der Waals surface area contributed by atoms with Gasteiger partial charge in [-0.2, -0.15) is 0 Å². The molecule has 1 amide bonds. The molecule has 1 N–H and O–H groups in total. The van der Waals surface area contributed by atoms with Crippen molar-refractivity contribution < 1.29 is 14.3 Å². The van der Waals surface area contributed by atoms with Gasteiger partial charge in [0.15, 0.2) is 11.9 Å². The van der Waals surface area contributed by atoms with Gasteiger partial charge in [0.2, 0.25) is 0 Å². The van der Waals surface area contributed by atoms with Gasteiger partial charge in [0.1, 0.15) is 5.75 Å². The Balaban J connectivity index is 2.89. The van der Waals surface area contributed by atoms with Gasteiger partial charge in [0, 0.05) is 10.5 Å². The Kier molecular flexibility index (Phi) is 5.54. The summed E-state index contributed by atoms with van der Waals surface area (Å²) in [6, 6.07) is 5.18. The number of ketones is 1. The van der Waals surface area contributed by atoms with E-state index in [2.05, 4.69) is 21.2 Å². The Morgan fingerprint density at radius 1 is 1.26 bits per heavy atom. The van der Waals surface area contributed by atoms with E-state index in [1.54, 1.807) is 25.1 Å². The first kappa shape index (κ1) is 15.7. The highest BCUT2D eigenvalue weighted by atomic mass is 79.9. The van der Waals surface area contributed by atoms with Crippen LogP contribution in [-0.4, -0.2) is 23.8 Å². The Morgan fingerprint density at radius 3 is 2.42 bits per heavy atom. The molecule has 0 saturated carbocycles. The molecule has 0 spiro atoms. The summed E-state index contributed by atoms with van der Waals surface area (Å²) in [4.78, 5) is 23.3. The van der Waals surface area contributed by atoms with Crippen LogP contribution < -0.4 is 10.1 Å². The van der Waals surface area contributed by atoms with Gasteiger partial charge < -0.3 is 10.1 Å². The van der Waals surface area contributed by atoms with Gasteiger partial charge in [-0.05, 0) is 45.9 Å². The van der Waals surface area contributed by atoms with Crippen molar-refractivity contribution in [2.45, 2.75) is 39.8 Å². The Bertz CT molecular complexity index is 486. The minimum Gasteiger partial charge on any atom is -0.480 e. The summed E-state index contributed by atoms with van der Waals surface area (Å²) in [5.74, 6) is 0.108. The molecule has 0 bridgehead atoms. The Hall–Kier alpha value is -1.36. The number of nitrogens with one attached hydrogen (secondary N) is 1. The SMILES string of the molecule is CC(=O)c1ccc(Br)cc1OC(C)C(=O)NC(C)C. The average Bonchev–Trinajstić information content (AvgIpc) is 2.27. The topological polar surface area (TPSA) is 55.4 Å². The normalized spacial score (nSPS) is 12.1. The lowest BCUT2D eigenvalue weighted by atomic mass is 10.1. The number of carbonyl (C=O) groups is 2. The second kappa shape index (κ2) is 6.70. The molecule has 0 aliphatic heterocycles. The summed E-state index contributed by atoms with van der Waals surface area (Å²) in [5.41, 5.74) is 0.465. The summed E-state index contributed by atoms with van der Waals surface area (Å²) in [6.07, 6.45) is -0.658. The standard InChI is InChI=1S/C14H18BrNO3/c1-8(2)16-14(18)10(4)19-13-7-11(15)5-6-12(13)9(3)17/h5-8,10H,1-4H3,(H,16,18). The first-order valence-corrected chi connectivity index (χ1v) is 6.88. The highest BCUT2D eigenvalue weighted by molar-refractivity contribution is 9.10. The lowest BCUT2D eigenvalue weighted by molar-refractivity contribution is -0.127. The summed E-state index contributed by atoms with van der Waals surface area (Å²) in [5, 5.41) is 2.77. The van der Waals surface area contributed by atoms with Crippen LogP contribution in [0.2, 0.25) is 0 Å². The molecule has 1 unspecified atom stereocenters. The summed E-state index contributed by atoms with van der Waals surface area (Å²) >= 11 is 3.32. The molecule has 0 radical (unpaired) electrons. The van der Waals surface area contributed by atoms with E-state index in [0.29, 0.717) is 11.3 Å². The molecule has 5 heteroatoms. The summed E-state index contributed by atoms with van der Waals surface area (Å²) < 4.78 is 6.38. The molecule has 0 aliphatic rings. The zero-order valence-corrected chi connectivity index (χ0v) is 13.1. The third-order valence-corrected chi connectivity index (χ3v) is 2.92. The van der Waals surface area contributed by atoms with Crippen LogP contribution in [0.4, 0.5) is 0 Å². The van der Waals surface area contributed by atoms with E-state index in [4.69, 9.17) is 4.74 Å². The van der Waals surface area contributed by atoms with E-state index >= 15 is 0 Å². The van der Waals surface area contributed by atoms with Gasteiger partial charge in [-0.15, -0.1) is 0 Å². The van der Waals surface area contributed by atoms with Crippen molar-refractivity contribution in [3.8, 4) is 5.75 Å². The zero-order valence-electron chi connectivity index (χ0n) is 11.5. The van der Waals surface area contributed by atoms with Gasteiger partial charge in [-0.25, -0.2) is 0 Å². The average molecular weight is 328 g/mol. The summed E-state index contributed by atoms with van der Waals surface area (Å²) in [6.45, 7) is 6.88. The number of halogens is 1. The minimum absolute atomic E-state index is 0.0494. The molecule has 0 saturated heterocycles. The molecular weight excluding hydrogens is 310 g/mol. The molecule has 1 aromatic carbocycles. The fraction of sp³-hybridized carbons (Fsp3) is 0.429. The second-order valence-electron chi connectivity index (χ2n) is 4.62. The molecule has 19 heavy (non-hydrogen) atoms. The third-order valence-electron chi connectivity index (χ3n) is 2.43. The molecule has 0 fully saturated rings. The fourth-order valence-corrected chi connectivity index (χ4v) is 1.87. The Labute approximate surface area is 121 Å². The van der Waals surface area contributed by atoms with Crippen LogP contribution in [0.5, 0.6) is 5.75 Å². The molecule has 4 nitrogen and oxygen atoms in total. The number of rotatable bonds is 5. The molecule has 0 aromatic heterocycles. The maximum Gasteiger partial charge on any atom is 0.260 e. The van der Waals surface area contributed by atoms with E-state index in [1.165, 1.54) is 6.92 Å². The van der Waals surface area contributed by atoms with E-state index in [0.717, 1.165) is 4.47 Å². The van der Waals surface area contributed by atoms with Crippen LogP contribution in [0.3, 0.4) is 0 Å². The lowest BCUT2D eigenvalue weighted by Crippen LogP contribution is -2.40. The van der Waals surface area contributed by atoms with Crippen LogP contribution >= 0.6 is 15.9 Å². The molecule has 1 atom stereocenters. The largest absolute Gasteiger partial charge is 0.480 e. The number of amides is 1. The van der Waals surface area contributed by atoms with Crippen LogP contribution in [0.25, 0.3) is 0 Å². The highest BCUT2D eigenvalue weighted by Crippen LogP contribution is 2.25.